The van der Waals surface area contributed by atoms with Crippen LogP contribution in [0.3, 0.4) is 0 Å². The number of carbonyl (C=O) groups excluding carboxylic acids is 1. The second-order valence-corrected chi connectivity index (χ2v) is 5.94. The number of nitrogens with one attached hydrogen (secondary N) is 1. The van der Waals surface area contributed by atoms with Crippen LogP contribution in [0.15, 0.2) is 48.5 Å². The Morgan fingerprint density at radius 2 is 1.75 bits per heavy atom. The zero-order valence-corrected chi connectivity index (χ0v) is 14.5. The Hall–Kier alpha value is -2.49. The van der Waals surface area contributed by atoms with Gasteiger partial charge in [-0.15, -0.1) is 0 Å². The fraction of sp³-hybridized carbons (Fsp3) is 0.350. The smallest absolute Gasteiger partial charge is 0.255 e. The summed E-state index contributed by atoms with van der Waals surface area (Å²) in [6.45, 7) is 7.48. The van der Waals surface area contributed by atoms with E-state index in [0.29, 0.717) is 36.1 Å². The third-order valence-electron chi connectivity index (χ3n) is 3.52. The minimum atomic E-state index is -0.170. The Kier molecular flexibility index (Phi) is 6.67. The summed E-state index contributed by atoms with van der Waals surface area (Å²) in [5.41, 5.74) is 1.25. The van der Waals surface area contributed by atoms with E-state index in [0.717, 1.165) is 12.2 Å². The molecule has 1 N–H and O–H groups in total. The number of para-hydroxylation sites is 2. The summed E-state index contributed by atoms with van der Waals surface area (Å²) in [5.74, 6) is 1.89. The molecule has 24 heavy (non-hydrogen) atoms. The number of hydrogen-bond donors (Lipinski definition) is 1. The van der Waals surface area contributed by atoms with E-state index < -0.39 is 0 Å². The van der Waals surface area contributed by atoms with Gasteiger partial charge in [0.15, 0.2) is 0 Å². The lowest BCUT2D eigenvalue weighted by atomic mass is 10.1. The van der Waals surface area contributed by atoms with Crippen LogP contribution in [0.5, 0.6) is 11.5 Å². The van der Waals surface area contributed by atoms with Crippen LogP contribution in [0, 0.1) is 5.92 Å². The molecule has 0 saturated carbocycles. The van der Waals surface area contributed by atoms with Crippen LogP contribution in [-0.2, 0) is 0 Å². The Bertz CT molecular complexity index is 650. The number of amides is 1. The molecule has 0 unspecified atom stereocenters. The molecule has 0 atom stereocenters. The molecule has 4 heteroatoms. The van der Waals surface area contributed by atoms with Crippen LogP contribution in [0.25, 0.3) is 0 Å². The standard InChI is InChI=1S/C20H25NO3/c1-4-23-19-8-6-5-7-18(19)21-20(22)16-9-11-17(12-10-16)24-14-13-15(2)3/h5-12,15H,4,13-14H2,1-3H3,(H,21,22). The summed E-state index contributed by atoms with van der Waals surface area (Å²) in [5, 5.41) is 2.88. The fourth-order valence-electron chi connectivity index (χ4n) is 2.16. The summed E-state index contributed by atoms with van der Waals surface area (Å²) in [7, 11) is 0. The first-order chi connectivity index (χ1) is 11.6. The van der Waals surface area contributed by atoms with E-state index in [2.05, 4.69) is 19.2 Å². The second-order valence-electron chi connectivity index (χ2n) is 5.94. The molecule has 0 saturated heterocycles. The van der Waals surface area contributed by atoms with E-state index in [1.807, 2.05) is 43.3 Å². The van der Waals surface area contributed by atoms with Crippen molar-refractivity contribution in [2.75, 3.05) is 18.5 Å². The largest absolute Gasteiger partial charge is 0.494 e. The Balaban J connectivity index is 1.98. The van der Waals surface area contributed by atoms with E-state index in [-0.39, 0.29) is 5.91 Å². The lowest BCUT2D eigenvalue weighted by molar-refractivity contribution is 0.102. The van der Waals surface area contributed by atoms with Gasteiger partial charge >= 0.3 is 0 Å². The molecular formula is C20H25NO3. The average molecular weight is 327 g/mol. The first kappa shape index (κ1) is 17.9. The van der Waals surface area contributed by atoms with Crippen LogP contribution in [0.4, 0.5) is 5.69 Å². The third kappa shape index (κ3) is 5.30. The molecule has 0 spiro atoms. The highest BCUT2D eigenvalue weighted by atomic mass is 16.5. The minimum absolute atomic E-state index is 0.170. The Morgan fingerprint density at radius 1 is 1.04 bits per heavy atom. The van der Waals surface area contributed by atoms with Gasteiger partial charge in [-0.3, -0.25) is 4.79 Å². The molecule has 2 aromatic rings. The quantitative estimate of drug-likeness (QED) is 0.760. The van der Waals surface area contributed by atoms with E-state index in [1.165, 1.54) is 0 Å². The maximum Gasteiger partial charge on any atom is 0.255 e. The topological polar surface area (TPSA) is 47.6 Å². The zero-order valence-electron chi connectivity index (χ0n) is 14.5. The third-order valence-corrected chi connectivity index (χ3v) is 3.52. The maximum atomic E-state index is 12.4. The monoisotopic (exact) mass is 327 g/mol. The number of ether oxygens (including phenoxy) is 2. The summed E-state index contributed by atoms with van der Waals surface area (Å²) in [4.78, 5) is 12.4. The van der Waals surface area contributed by atoms with Gasteiger partial charge in [-0.05, 0) is 55.7 Å². The summed E-state index contributed by atoms with van der Waals surface area (Å²) in [6.07, 6.45) is 1.01. The Morgan fingerprint density at radius 3 is 2.42 bits per heavy atom. The molecular weight excluding hydrogens is 302 g/mol. The SMILES string of the molecule is CCOc1ccccc1NC(=O)c1ccc(OCCC(C)C)cc1. The zero-order chi connectivity index (χ0) is 17.4. The number of rotatable bonds is 8. The van der Waals surface area contributed by atoms with Crippen molar-refractivity contribution in [2.24, 2.45) is 5.92 Å². The van der Waals surface area contributed by atoms with Crippen molar-refractivity contribution in [1.29, 1.82) is 0 Å². The number of benzene rings is 2. The van der Waals surface area contributed by atoms with E-state index in [1.54, 1.807) is 12.1 Å². The van der Waals surface area contributed by atoms with Crippen molar-refractivity contribution < 1.29 is 14.3 Å². The van der Waals surface area contributed by atoms with E-state index >= 15 is 0 Å². The molecule has 2 rings (SSSR count). The molecule has 2 aromatic carbocycles. The lowest BCUT2D eigenvalue weighted by Crippen LogP contribution is -2.13. The van der Waals surface area contributed by atoms with Gasteiger partial charge in [-0.2, -0.15) is 0 Å². The predicted octanol–water partition coefficient (Wildman–Crippen LogP) is 4.76. The minimum Gasteiger partial charge on any atom is -0.494 e. The first-order valence-corrected chi connectivity index (χ1v) is 8.36. The summed E-state index contributed by atoms with van der Waals surface area (Å²) >= 11 is 0. The molecule has 0 bridgehead atoms. The highest BCUT2D eigenvalue weighted by molar-refractivity contribution is 6.05. The van der Waals surface area contributed by atoms with Gasteiger partial charge in [-0.25, -0.2) is 0 Å². The molecule has 0 radical (unpaired) electrons. The van der Waals surface area contributed by atoms with Crippen molar-refractivity contribution in [3.05, 3.63) is 54.1 Å². The maximum absolute atomic E-state index is 12.4. The number of carbonyl (C=O) groups is 1. The molecule has 0 heterocycles. The first-order valence-electron chi connectivity index (χ1n) is 8.36. The van der Waals surface area contributed by atoms with Crippen molar-refractivity contribution >= 4 is 11.6 Å². The molecule has 128 valence electrons. The van der Waals surface area contributed by atoms with Crippen LogP contribution < -0.4 is 14.8 Å². The van der Waals surface area contributed by atoms with Crippen molar-refractivity contribution in [1.82, 2.24) is 0 Å². The van der Waals surface area contributed by atoms with Gasteiger partial charge in [0.05, 0.1) is 18.9 Å². The van der Waals surface area contributed by atoms with E-state index in [9.17, 15) is 4.79 Å². The van der Waals surface area contributed by atoms with Gasteiger partial charge in [0.1, 0.15) is 11.5 Å². The predicted molar refractivity (Wildman–Crippen MR) is 97.0 cm³/mol. The fourth-order valence-corrected chi connectivity index (χ4v) is 2.16. The molecule has 0 aliphatic rings. The van der Waals surface area contributed by atoms with Crippen LogP contribution >= 0.6 is 0 Å². The normalized spacial score (nSPS) is 10.5. The average Bonchev–Trinajstić information content (AvgIpc) is 2.57. The van der Waals surface area contributed by atoms with Gasteiger partial charge in [-0.1, -0.05) is 26.0 Å². The van der Waals surface area contributed by atoms with Crippen LogP contribution in [-0.4, -0.2) is 19.1 Å². The highest BCUT2D eigenvalue weighted by Gasteiger charge is 2.09. The molecule has 0 aromatic heterocycles. The lowest BCUT2D eigenvalue weighted by Gasteiger charge is -2.12. The van der Waals surface area contributed by atoms with Crippen molar-refractivity contribution in [3.8, 4) is 11.5 Å². The summed E-state index contributed by atoms with van der Waals surface area (Å²) < 4.78 is 11.2. The molecule has 0 aliphatic carbocycles. The molecule has 0 fully saturated rings. The van der Waals surface area contributed by atoms with E-state index in [4.69, 9.17) is 9.47 Å². The van der Waals surface area contributed by atoms with Gasteiger partial charge in [0.25, 0.3) is 5.91 Å². The van der Waals surface area contributed by atoms with Crippen molar-refractivity contribution in [3.63, 3.8) is 0 Å². The number of anilines is 1. The molecule has 1 amide bonds. The summed E-state index contributed by atoms with van der Waals surface area (Å²) in [6, 6.07) is 14.6. The molecule has 4 nitrogen and oxygen atoms in total. The van der Waals surface area contributed by atoms with Gasteiger partial charge in [0.2, 0.25) is 0 Å². The van der Waals surface area contributed by atoms with Gasteiger partial charge in [0, 0.05) is 5.56 Å². The molecule has 0 aliphatic heterocycles. The second kappa shape index (κ2) is 8.96. The van der Waals surface area contributed by atoms with Crippen molar-refractivity contribution in [2.45, 2.75) is 27.2 Å². The number of hydrogen-bond acceptors (Lipinski definition) is 3. The van der Waals surface area contributed by atoms with Crippen LogP contribution in [0.1, 0.15) is 37.6 Å². The van der Waals surface area contributed by atoms with Crippen LogP contribution in [0.2, 0.25) is 0 Å². The van der Waals surface area contributed by atoms with Gasteiger partial charge < -0.3 is 14.8 Å². The Labute approximate surface area is 143 Å². The highest BCUT2D eigenvalue weighted by Crippen LogP contribution is 2.24.